The molecule has 0 saturated heterocycles. The molecule has 0 bridgehead atoms. The average Bonchev–Trinajstić information content (AvgIpc) is 2.81. The number of benzene rings is 1. The van der Waals surface area contributed by atoms with Crippen molar-refractivity contribution in [3.05, 3.63) is 45.4 Å². The van der Waals surface area contributed by atoms with E-state index in [1.807, 2.05) is 18.4 Å². The van der Waals surface area contributed by atoms with Crippen molar-refractivity contribution in [2.24, 2.45) is 0 Å². The Morgan fingerprint density at radius 2 is 2.16 bits per heavy atom. The molecule has 1 aromatic carbocycles. The van der Waals surface area contributed by atoms with Gasteiger partial charge in [-0.25, -0.2) is 4.98 Å². The van der Waals surface area contributed by atoms with E-state index in [9.17, 15) is 0 Å². The molecule has 0 spiro atoms. The van der Waals surface area contributed by atoms with Crippen molar-refractivity contribution < 1.29 is 4.74 Å². The highest BCUT2D eigenvalue weighted by Gasteiger charge is 2.05. The number of thiazole rings is 1. The molecule has 19 heavy (non-hydrogen) atoms. The molecular weight excluding hydrogens is 256 g/mol. The monoisotopic (exact) mass is 276 g/mol. The van der Waals surface area contributed by atoms with E-state index in [1.165, 1.54) is 11.1 Å². The first kappa shape index (κ1) is 14.0. The number of nitrogens with one attached hydrogen (secondary N) is 1. The van der Waals surface area contributed by atoms with Crippen molar-refractivity contribution in [3.8, 4) is 5.75 Å². The zero-order valence-electron chi connectivity index (χ0n) is 11.7. The topological polar surface area (TPSA) is 34.1 Å². The first-order valence-corrected chi connectivity index (χ1v) is 7.41. The Morgan fingerprint density at radius 3 is 2.84 bits per heavy atom. The number of rotatable bonds is 6. The molecule has 4 heteroatoms. The second-order valence-corrected chi connectivity index (χ2v) is 5.60. The molecule has 0 fully saturated rings. The summed E-state index contributed by atoms with van der Waals surface area (Å²) in [5.74, 6) is 0.942. The van der Waals surface area contributed by atoms with Crippen molar-refractivity contribution in [3.63, 3.8) is 0 Å². The minimum Gasteiger partial charge on any atom is -0.487 e. The fourth-order valence-electron chi connectivity index (χ4n) is 1.87. The quantitative estimate of drug-likeness (QED) is 0.877. The van der Waals surface area contributed by atoms with Gasteiger partial charge in [-0.2, -0.15) is 0 Å². The van der Waals surface area contributed by atoms with Crippen LogP contribution in [0.25, 0.3) is 0 Å². The highest BCUT2D eigenvalue weighted by Crippen LogP contribution is 2.21. The van der Waals surface area contributed by atoms with Gasteiger partial charge in [0.15, 0.2) is 0 Å². The minimum atomic E-state index is 0.534. The average molecular weight is 276 g/mol. The highest BCUT2D eigenvalue weighted by molar-refractivity contribution is 7.09. The molecule has 0 aliphatic rings. The highest BCUT2D eigenvalue weighted by atomic mass is 32.1. The number of aromatic nitrogens is 1. The Balaban J connectivity index is 2.05. The fourth-order valence-corrected chi connectivity index (χ4v) is 2.47. The standard InChI is InChI=1S/C15H20N2OS/c1-4-16-8-13-7-11(2)5-6-15(13)18-9-14-10-19-12(3)17-14/h5-7,10,16H,4,8-9H2,1-3H3. The Labute approximate surface area is 118 Å². The van der Waals surface area contributed by atoms with Gasteiger partial charge in [0.05, 0.1) is 10.7 Å². The smallest absolute Gasteiger partial charge is 0.131 e. The predicted molar refractivity (Wildman–Crippen MR) is 79.7 cm³/mol. The predicted octanol–water partition coefficient (Wildman–Crippen LogP) is 3.45. The molecule has 0 atom stereocenters. The van der Waals surface area contributed by atoms with E-state index in [2.05, 4.69) is 36.3 Å². The zero-order chi connectivity index (χ0) is 13.7. The Morgan fingerprint density at radius 1 is 1.32 bits per heavy atom. The summed E-state index contributed by atoms with van der Waals surface area (Å²) in [5, 5.41) is 6.47. The molecular formula is C15H20N2OS. The molecule has 0 radical (unpaired) electrons. The van der Waals surface area contributed by atoms with Crippen LogP contribution in [-0.2, 0) is 13.2 Å². The lowest BCUT2D eigenvalue weighted by atomic mass is 10.1. The fraction of sp³-hybridized carbons (Fsp3) is 0.400. The molecule has 2 rings (SSSR count). The Hall–Kier alpha value is -1.39. The van der Waals surface area contributed by atoms with Crippen molar-refractivity contribution in [1.82, 2.24) is 10.3 Å². The molecule has 0 unspecified atom stereocenters. The van der Waals surface area contributed by atoms with Crippen LogP contribution in [0.15, 0.2) is 23.6 Å². The third-order valence-electron chi connectivity index (χ3n) is 2.82. The zero-order valence-corrected chi connectivity index (χ0v) is 12.5. The normalized spacial score (nSPS) is 10.7. The summed E-state index contributed by atoms with van der Waals surface area (Å²) in [4.78, 5) is 4.41. The molecule has 1 heterocycles. The van der Waals surface area contributed by atoms with Crippen LogP contribution in [0.4, 0.5) is 0 Å². The number of aryl methyl sites for hydroxylation is 2. The van der Waals surface area contributed by atoms with Gasteiger partial charge < -0.3 is 10.1 Å². The van der Waals surface area contributed by atoms with Crippen LogP contribution >= 0.6 is 11.3 Å². The van der Waals surface area contributed by atoms with Gasteiger partial charge in [-0.1, -0.05) is 24.6 Å². The third-order valence-corrected chi connectivity index (χ3v) is 3.65. The largest absolute Gasteiger partial charge is 0.487 e. The summed E-state index contributed by atoms with van der Waals surface area (Å²) in [7, 11) is 0. The first-order chi connectivity index (χ1) is 9.19. The number of hydrogen-bond acceptors (Lipinski definition) is 4. The molecule has 1 N–H and O–H groups in total. The summed E-state index contributed by atoms with van der Waals surface area (Å²) in [6.45, 7) is 8.54. The molecule has 0 saturated carbocycles. The van der Waals surface area contributed by atoms with E-state index < -0.39 is 0 Å². The summed E-state index contributed by atoms with van der Waals surface area (Å²) >= 11 is 1.66. The van der Waals surface area contributed by atoms with Crippen LogP contribution in [0.2, 0.25) is 0 Å². The maximum absolute atomic E-state index is 5.89. The lowest BCUT2D eigenvalue weighted by Gasteiger charge is -2.12. The summed E-state index contributed by atoms with van der Waals surface area (Å²) in [5.41, 5.74) is 3.45. The van der Waals surface area contributed by atoms with Gasteiger partial charge in [-0.15, -0.1) is 11.3 Å². The van der Waals surface area contributed by atoms with Gasteiger partial charge in [0.25, 0.3) is 0 Å². The van der Waals surface area contributed by atoms with Gasteiger partial charge >= 0.3 is 0 Å². The van der Waals surface area contributed by atoms with E-state index in [0.717, 1.165) is 29.5 Å². The molecule has 2 aromatic rings. The second kappa shape index (κ2) is 6.68. The lowest BCUT2D eigenvalue weighted by molar-refractivity contribution is 0.298. The van der Waals surface area contributed by atoms with Gasteiger partial charge in [0.2, 0.25) is 0 Å². The van der Waals surface area contributed by atoms with E-state index in [-0.39, 0.29) is 0 Å². The van der Waals surface area contributed by atoms with Crippen LogP contribution in [0.5, 0.6) is 5.75 Å². The van der Waals surface area contributed by atoms with Crippen molar-refractivity contribution >= 4 is 11.3 Å². The van der Waals surface area contributed by atoms with E-state index in [1.54, 1.807) is 11.3 Å². The van der Waals surface area contributed by atoms with Crippen LogP contribution in [0.1, 0.15) is 28.8 Å². The molecule has 0 amide bonds. The summed E-state index contributed by atoms with van der Waals surface area (Å²) < 4.78 is 5.89. The van der Waals surface area contributed by atoms with Crippen molar-refractivity contribution in [2.45, 2.75) is 33.9 Å². The van der Waals surface area contributed by atoms with Gasteiger partial charge in [0.1, 0.15) is 12.4 Å². The molecule has 102 valence electrons. The minimum absolute atomic E-state index is 0.534. The Bertz CT molecular complexity index is 537. The number of nitrogens with zero attached hydrogens (tertiary/aromatic N) is 1. The summed E-state index contributed by atoms with van der Waals surface area (Å²) in [6, 6.07) is 6.29. The van der Waals surface area contributed by atoms with Crippen molar-refractivity contribution in [1.29, 1.82) is 0 Å². The van der Waals surface area contributed by atoms with Crippen molar-refractivity contribution in [2.75, 3.05) is 6.54 Å². The maximum atomic E-state index is 5.89. The Kier molecular flexibility index (Phi) is 4.93. The molecule has 0 aliphatic carbocycles. The van der Waals surface area contributed by atoms with Gasteiger partial charge in [0, 0.05) is 17.5 Å². The van der Waals surface area contributed by atoms with Crippen LogP contribution < -0.4 is 10.1 Å². The summed E-state index contributed by atoms with van der Waals surface area (Å²) in [6.07, 6.45) is 0. The van der Waals surface area contributed by atoms with Crippen LogP contribution in [0, 0.1) is 13.8 Å². The molecule has 0 aliphatic heterocycles. The van der Waals surface area contributed by atoms with Gasteiger partial charge in [-0.3, -0.25) is 0 Å². The van der Waals surface area contributed by atoms with E-state index >= 15 is 0 Å². The maximum Gasteiger partial charge on any atom is 0.131 e. The number of ether oxygens (including phenoxy) is 1. The molecule has 3 nitrogen and oxygen atoms in total. The van der Waals surface area contributed by atoms with Gasteiger partial charge in [-0.05, 0) is 26.5 Å². The number of hydrogen-bond donors (Lipinski definition) is 1. The van der Waals surface area contributed by atoms with Crippen LogP contribution in [-0.4, -0.2) is 11.5 Å². The third kappa shape index (κ3) is 4.04. The van der Waals surface area contributed by atoms with E-state index in [0.29, 0.717) is 6.61 Å². The SMILES string of the molecule is CCNCc1cc(C)ccc1OCc1csc(C)n1. The van der Waals surface area contributed by atoms with E-state index in [4.69, 9.17) is 4.74 Å². The van der Waals surface area contributed by atoms with Crippen LogP contribution in [0.3, 0.4) is 0 Å². The molecule has 1 aromatic heterocycles. The lowest BCUT2D eigenvalue weighted by Crippen LogP contribution is -2.13. The first-order valence-electron chi connectivity index (χ1n) is 6.53. The second-order valence-electron chi connectivity index (χ2n) is 4.54.